The van der Waals surface area contributed by atoms with Crippen LogP contribution in [0.2, 0.25) is 0 Å². The number of fused-ring (bicyclic) bond motifs is 2. The minimum absolute atomic E-state index is 0.0140. The molecule has 0 fully saturated rings. The molecule has 136 valence electrons. The maximum atomic E-state index is 13.3. The monoisotopic (exact) mass is 381 g/mol. The Balaban J connectivity index is 1.63. The number of ketones is 1. The van der Waals surface area contributed by atoms with Crippen molar-refractivity contribution in [3.63, 3.8) is 0 Å². The Hall–Kier alpha value is -3.17. The Morgan fingerprint density at radius 3 is 2.11 bits per heavy atom. The van der Waals surface area contributed by atoms with Gasteiger partial charge in [-0.15, -0.1) is 9.76 Å². The summed E-state index contributed by atoms with van der Waals surface area (Å²) in [5.74, 6) is -0.459. The third-order valence-corrected chi connectivity index (χ3v) is 6.81. The quantitative estimate of drug-likeness (QED) is 0.445. The van der Waals surface area contributed by atoms with Crippen LogP contribution in [-0.2, 0) is 14.6 Å². The second-order valence-corrected chi connectivity index (χ2v) is 8.36. The number of rotatable bonds is 2. The highest BCUT2D eigenvalue weighted by molar-refractivity contribution is 7.85. The van der Waals surface area contributed by atoms with Gasteiger partial charge in [0.2, 0.25) is 0 Å². The number of allylic oxidation sites excluding steroid dienone is 4. The minimum Gasteiger partial charge on any atom is -0.457 e. The lowest BCUT2D eigenvalue weighted by atomic mass is 9.86. The van der Waals surface area contributed by atoms with E-state index < -0.39 is 16.3 Å². The Morgan fingerprint density at radius 1 is 0.714 bits per heavy atom. The number of hydrogen-bond donors (Lipinski definition) is 0. The molecule has 3 heteroatoms. The SMILES string of the molecule is O=C1c2cc(-c3ccccc3)ccc2[S-](=O)=C2C=CC(c3ccccc3)=CC12. The number of carbonyl (C=O) groups is 1. The lowest BCUT2D eigenvalue weighted by molar-refractivity contribution is 0.0969. The first kappa shape index (κ1) is 17.0. The van der Waals surface area contributed by atoms with E-state index in [1.165, 1.54) is 0 Å². The smallest absolute Gasteiger partial charge is 0.170 e. The molecule has 1 heterocycles. The molecule has 3 aromatic carbocycles. The predicted octanol–water partition coefficient (Wildman–Crippen LogP) is 5.31. The molecular formula is C25H17O2S-. The third-order valence-electron chi connectivity index (χ3n) is 5.24. The lowest BCUT2D eigenvalue weighted by Gasteiger charge is -2.31. The highest BCUT2D eigenvalue weighted by Gasteiger charge is 2.27. The first-order chi connectivity index (χ1) is 13.7. The maximum Gasteiger partial charge on any atom is 0.170 e. The molecule has 5 rings (SSSR count). The van der Waals surface area contributed by atoms with Crippen molar-refractivity contribution in [3.05, 3.63) is 108 Å². The van der Waals surface area contributed by atoms with Gasteiger partial charge in [-0.1, -0.05) is 91.0 Å². The van der Waals surface area contributed by atoms with Crippen LogP contribution in [-0.4, -0.2) is 10.6 Å². The molecule has 1 aliphatic carbocycles. The zero-order chi connectivity index (χ0) is 19.1. The first-order valence-electron chi connectivity index (χ1n) is 9.20. The fraction of sp³-hybridized carbons (Fsp3) is 0.0400. The van der Waals surface area contributed by atoms with Crippen molar-refractivity contribution in [1.29, 1.82) is 0 Å². The van der Waals surface area contributed by atoms with E-state index in [-0.39, 0.29) is 5.78 Å². The summed E-state index contributed by atoms with van der Waals surface area (Å²) in [6.07, 6.45) is 5.76. The third kappa shape index (κ3) is 2.76. The van der Waals surface area contributed by atoms with Crippen LogP contribution in [0.1, 0.15) is 15.9 Å². The Bertz CT molecular complexity index is 1230. The summed E-state index contributed by atoms with van der Waals surface area (Å²) < 4.78 is 13.1. The van der Waals surface area contributed by atoms with Crippen LogP contribution in [0.3, 0.4) is 0 Å². The molecule has 0 aromatic heterocycles. The summed E-state index contributed by atoms with van der Waals surface area (Å²) >= 11 is 0. The molecule has 0 radical (unpaired) electrons. The van der Waals surface area contributed by atoms with Crippen molar-refractivity contribution < 1.29 is 9.00 Å². The Labute approximate surface area is 165 Å². The Morgan fingerprint density at radius 2 is 1.39 bits per heavy atom. The van der Waals surface area contributed by atoms with Crippen molar-refractivity contribution in [1.82, 2.24) is 0 Å². The fourth-order valence-corrected chi connectivity index (χ4v) is 5.19. The average molecular weight is 381 g/mol. The normalized spacial score (nSPS) is 18.4. The zero-order valence-corrected chi connectivity index (χ0v) is 15.9. The largest absolute Gasteiger partial charge is 0.457 e. The van der Waals surface area contributed by atoms with Crippen molar-refractivity contribution in [3.8, 4) is 11.1 Å². The molecule has 0 bridgehead atoms. The molecule has 0 N–H and O–H groups in total. The van der Waals surface area contributed by atoms with Gasteiger partial charge in [0.1, 0.15) is 0 Å². The zero-order valence-electron chi connectivity index (χ0n) is 15.0. The summed E-state index contributed by atoms with van der Waals surface area (Å²) in [5.41, 5.74) is 4.62. The highest BCUT2D eigenvalue weighted by atomic mass is 32.2. The van der Waals surface area contributed by atoms with Gasteiger partial charge in [-0.3, -0.25) is 4.79 Å². The fourth-order valence-electron chi connectivity index (χ4n) is 3.79. The van der Waals surface area contributed by atoms with Gasteiger partial charge >= 0.3 is 0 Å². The van der Waals surface area contributed by atoms with Crippen LogP contribution < -0.4 is 0 Å². The molecule has 2 nitrogen and oxygen atoms in total. The number of hydrogen-bond acceptors (Lipinski definition) is 3. The number of carbonyl (C=O) groups excluding carboxylic acids is 1. The molecule has 1 aliphatic heterocycles. The van der Waals surface area contributed by atoms with Crippen LogP contribution in [0.4, 0.5) is 0 Å². The van der Waals surface area contributed by atoms with Gasteiger partial charge in [-0.05, 0) is 28.3 Å². The van der Waals surface area contributed by atoms with Crippen LogP contribution in [0.15, 0.2) is 102 Å². The van der Waals surface area contributed by atoms with Crippen molar-refractivity contribution >= 4 is 26.6 Å². The highest BCUT2D eigenvalue weighted by Crippen LogP contribution is 2.33. The molecular weight excluding hydrogens is 364 g/mol. The van der Waals surface area contributed by atoms with E-state index >= 15 is 0 Å². The van der Waals surface area contributed by atoms with Crippen molar-refractivity contribution in [2.45, 2.75) is 4.90 Å². The topological polar surface area (TPSA) is 34.1 Å². The van der Waals surface area contributed by atoms with E-state index in [0.29, 0.717) is 15.3 Å². The Kier molecular flexibility index (Phi) is 4.10. The molecule has 0 saturated carbocycles. The van der Waals surface area contributed by atoms with Gasteiger partial charge in [0.05, 0.1) is 0 Å². The molecule has 1 unspecified atom stereocenters. The van der Waals surface area contributed by atoms with Crippen molar-refractivity contribution in [2.75, 3.05) is 0 Å². The second kappa shape index (κ2) is 6.77. The summed E-state index contributed by atoms with van der Waals surface area (Å²) in [5, 5.41) is 0. The van der Waals surface area contributed by atoms with Crippen LogP contribution in [0.5, 0.6) is 0 Å². The second-order valence-electron chi connectivity index (χ2n) is 6.91. The lowest BCUT2D eigenvalue weighted by Crippen LogP contribution is -2.29. The number of Topliss-reactive ketones (excluding diaryl/α,β-unsaturated/α-hetero) is 1. The van der Waals surface area contributed by atoms with Gasteiger partial charge in [0, 0.05) is 11.5 Å². The van der Waals surface area contributed by atoms with Gasteiger partial charge in [-0.2, -0.15) is 0 Å². The molecule has 3 aromatic rings. The first-order valence-corrected chi connectivity index (χ1v) is 10.3. The molecule has 28 heavy (non-hydrogen) atoms. The van der Waals surface area contributed by atoms with Crippen LogP contribution in [0, 0.1) is 5.92 Å². The van der Waals surface area contributed by atoms with Gasteiger partial charge in [0.25, 0.3) is 0 Å². The summed E-state index contributed by atoms with van der Waals surface area (Å²) in [6.45, 7) is 0. The van der Waals surface area contributed by atoms with E-state index in [1.807, 2.05) is 97.1 Å². The van der Waals surface area contributed by atoms with E-state index in [0.717, 1.165) is 22.3 Å². The summed E-state index contributed by atoms with van der Waals surface area (Å²) in [7, 11) is -1.32. The minimum atomic E-state index is -1.32. The van der Waals surface area contributed by atoms with E-state index in [2.05, 4.69) is 0 Å². The standard InChI is InChI=1S/C25H17O2S/c26-25-21-15-19(17-7-3-1-4-8-17)11-13-23(21)28(27)24-14-12-20(16-22(24)25)18-9-5-2-6-10-18/h1-16,21H/q-1. The molecule has 0 spiro atoms. The van der Waals surface area contributed by atoms with Gasteiger partial charge in [0.15, 0.2) is 5.78 Å². The van der Waals surface area contributed by atoms with E-state index in [9.17, 15) is 9.00 Å². The van der Waals surface area contributed by atoms with E-state index in [4.69, 9.17) is 0 Å². The summed E-state index contributed by atoms with van der Waals surface area (Å²) in [6, 6.07) is 25.6. The molecule has 1 atom stereocenters. The number of benzene rings is 3. The summed E-state index contributed by atoms with van der Waals surface area (Å²) in [4.78, 5) is 14.6. The predicted molar refractivity (Wildman–Crippen MR) is 115 cm³/mol. The average Bonchev–Trinajstić information content (AvgIpc) is 2.78. The molecule has 0 saturated heterocycles. The molecule has 0 amide bonds. The van der Waals surface area contributed by atoms with Crippen molar-refractivity contribution in [2.24, 2.45) is 5.92 Å². The van der Waals surface area contributed by atoms with Crippen LogP contribution in [0.25, 0.3) is 16.7 Å². The van der Waals surface area contributed by atoms with Crippen LogP contribution >= 0.6 is 0 Å². The molecule has 2 aliphatic rings. The maximum absolute atomic E-state index is 13.3. The van der Waals surface area contributed by atoms with Gasteiger partial charge in [-0.25, -0.2) is 10.4 Å². The van der Waals surface area contributed by atoms with E-state index in [1.54, 1.807) is 0 Å². The van der Waals surface area contributed by atoms with Gasteiger partial charge < -0.3 is 4.21 Å².